The molecule has 0 atom stereocenters. The lowest BCUT2D eigenvalue weighted by molar-refractivity contribution is 0.633. The number of halogens is 2. The highest BCUT2D eigenvalue weighted by molar-refractivity contribution is 5.89. The molecular weight excluding hydrogens is 330 g/mol. The second kappa shape index (κ2) is 7.66. The van der Waals surface area contributed by atoms with Crippen LogP contribution in [-0.4, -0.2) is 0 Å². The molecule has 0 fully saturated rings. The lowest BCUT2D eigenvalue weighted by Gasteiger charge is -2.15. The molecule has 2 aromatic carbocycles. The molecule has 0 aromatic heterocycles. The number of nitrogens with two attached hydrogens (primary N) is 2. The van der Waals surface area contributed by atoms with Crippen molar-refractivity contribution in [1.82, 2.24) is 0 Å². The standard InChI is InChI=1S/C22H20F2N2/c1-5-17-18(14(3)13(2)11-20(23)15(4)25)7-6-8-19(17)16-9-10-22(26)21(24)12-16/h5-12H,1-4,25-26H2/b20-11+. The van der Waals surface area contributed by atoms with Gasteiger partial charge in [-0.1, -0.05) is 56.7 Å². The summed E-state index contributed by atoms with van der Waals surface area (Å²) in [6, 6.07) is 10.0. The van der Waals surface area contributed by atoms with E-state index in [0.717, 1.165) is 11.1 Å². The van der Waals surface area contributed by atoms with Crippen molar-refractivity contribution in [2.24, 2.45) is 5.73 Å². The van der Waals surface area contributed by atoms with E-state index in [1.54, 1.807) is 18.2 Å². The Hall–Kier alpha value is -3.40. The van der Waals surface area contributed by atoms with E-state index in [9.17, 15) is 8.78 Å². The molecule has 132 valence electrons. The molecule has 0 saturated heterocycles. The third-order valence-corrected chi connectivity index (χ3v) is 3.94. The summed E-state index contributed by atoms with van der Waals surface area (Å²) in [4.78, 5) is 0. The number of hydrogen-bond donors (Lipinski definition) is 2. The van der Waals surface area contributed by atoms with Gasteiger partial charge in [-0.2, -0.15) is 0 Å². The molecule has 2 aromatic rings. The van der Waals surface area contributed by atoms with Gasteiger partial charge in [0.05, 0.1) is 11.4 Å². The second-order valence-corrected chi connectivity index (χ2v) is 5.73. The molecule has 0 radical (unpaired) electrons. The molecule has 0 aliphatic carbocycles. The molecule has 0 bridgehead atoms. The molecule has 4 N–H and O–H groups in total. The largest absolute Gasteiger partial charge is 0.397 e. The van der Waals surface area contributed by atoms with Crippen molar-refractivity contribution in [3.05, 3.63) is 103 Å². The van der Waals surface area contributed by atoms with Crippen molar-refractivity contribution < 1.29 is 8.78 Å². The van der Waals surface area contributed by atoms with Crippen molar-refractivity contribution in [3.63, 3.8) is 0 Å². The SMILES string of the molecule is C=Cc1c(C(=C)C(=C)/C=C(/F)C(=C)N)cccc1-c1ccc(N)c(F)c1. The zero-order valence-electron chi connectivity index (χ0n) is 14.4. The Kier molecular flexibility index (Phi) is 5.58. The molecule has 0 aliphatic rings. The minimum Gasteiger partial charge on any atom is -0.397 e. The predicted molar refractivity (Wildman–Crippen MR) is 107 cm³/mol. The van der Waals surface area contributed by atoms with Crippen molar-refractivity contribution in [2.75, 3.05) is 5.73 Å². The fourth-order valence-electron chi connectivity index (χ4n) is 2.50. The molecule has 4 heteroatoms. The summed E-state index contributed by atoms with van der Waals surface area (Å²) in [5.41, 5.74) is 14.4. The van der Waals surface area contributed by atoms with Gasteiger partial charge in [0, 0.05) is 0 Å². The molecule has 0 amide bonds. The van der Waals surface area contributed by atoms with Gasteiger partial charge in [0.15, 0.2) is 0 Å². The fraction of sp³-hybridized carbons (Fsp3) is 0. The summed E-state index contributed by atoms with van der Waals surface area (Å²) in [5.74, 6) is -1.18. The van der Waals surface area contributed by atoms with Crippen LogP contribution in [0, 0.1) is 5.82 Å². The maximum atomic E-state index is 13.9. The molecule has 0 aliphatic heterocycles. The molecule has 0 unspecified atom stereocenters. The van der Waals surface area contributed by atoms with Crippen LogP contribution in [0.5, 0.6) is 0 Å². The number of benzene rings is 2. The van der Waals surface area contributed by atoms with Crippen LogP contribution in [0.3, 0.4) is 0 Å². The second-order valence-electron chi connectivity index (χ2n) is 5.73. The van der Waals surface area contributed by atoms with Crippen molar-refractivity contribution >= 4 is 17.3 Å². The first-order chi connectivity index (χ1) is 12.3. The van der Waals surface area contributed by atoms with Gasteiger partial charge in [0.2, 0.25) is 0 Å². The van der Waals surface area contributed by atoms with E-state index in [1.807, 2.05) is 12.1 Å². The van der Waals surface area contributed by atoms with Crippen LogP contribution in [0.25, 0.3) is 22.8 Å². The van der Waals surface area contributed by atoms with Gasteiger partial charge in [-0.15, -0.1) is 0 Å². The first-order valence-electron chi connectivity index (χ1n) is 7.77. The lowest BCUT2D eigenvalue weighted by atomic mass is 9.89. The molecule has 0 spiro atoms. The summed E-state index contributed by atoms with van der Waals surface area (Å²) >= 11 is 0. The molecule has 2 rings (SSSR count). The number of nitrogen functional groups attached to an aromatic ring is 1. The van der Waals surface area contributed by atoms with Crippen molar-refractivity contribution in [3.8, 4) is 11.1 Å². The average molecular weight is 350 g/mol. The Bertz CT molecular complexity index is 953. The minimum absolute atomic E-state index is 0.0745. The molecular formula is C22H20F2N2. The lowest BCUT2D eigenvalue weighted by Crippen LogP contribution is -1.97. The maximum absolute atomic E-state index is 13.9. The van der Waals surface area contributed by atoms with Gasteiger partial charge >= 0.3 is 0 Å². The van der Waals surface area contributed by atoms with Crippen LogP contribution in [0.15, 0.2) is 85.9 Å². The summed E-state index contributed by atoms with van der Waals surface area (Å²) in [5, 5.41) is 0. The summed E-state index contributed by atoms with van der Waals surface area (Å²) in [6.45, 7) is 15.0. The normalized spacial score (nSPS) is 11.1. The van der Waals surface area contributed by atoms with Crippen LogP contribution in [0.2, 0.25) is 0 Å². The smallest absolute Gasteiger partial charge is 0.146 e. The summed E-state index contributed by atoms with van der Waals surface area (Å²) in [7, 11) is 0. The van der Waals surface area contributed by atoms with E-state index >= 15 is 0 Å². The zero-order valence-corrected chi connectivity index (χ0v) is 14.4. The topological polar surface area (TPSA) is 52.0 Å². The van der Waals surface area contributed by atoms with Crippen LogP contribution >= 0.6 is 0 Å². The Balaban J connectivity index is 2.54. The highest BCUT2D eigenvalue weighted by atomic mass is 19.1. The number of hydrogen-bond acceptors (Lipinski definition) is 2. The highest BCUT2D eigenvalue weighted by Crippen LogP contribution is 2.34. The van der Waals surface area contributed by atoms with Crippen LogP contribution in [0.4, 0.5) is 14.5 Å². The summed E-state index contributed by atoms with van der Waals surface area (Å²) < 4.78 is 27.6. The third-order valence-electron chi connectivity index (χ3n) is 3.94. The number of anilines is 1. The van der Waals surface area contributed by atoms with Crippen molar-refractivity contribution in [1.29, 1.82) is 0 Å². The fourth-order valence-corrected chi connectivity index (χ4v) is 2.50. The van der Waals surface area contributed by atoms with Crippen LogP contribution in [0.1, 0.15) is 11.1 Å². The quantitative estimate of drug-likeness (QED) is 0.525. The predicted octanol–water partition coefficient (Wildman–Crippen LogP) is 5.61. The molecule has 26 heavy (non-hydrogen) atoms. The first-order valence-corrected chi connectivity index (χ1v) is 7.77. The third kappa shape index (κ3) is 3.81. The van der Waals surface area contributed by atoms with E-state index in [4.69, 9.17) is 11.5 Å². The van der Waals surface area contributed by atoms with Gasteiger partial charge in [0.25, 0.3) is 0 Å². The van der Waals surface area contributed by atoms with E-state index in [-0.39, 0.29) is 11.4 Å². The first kappa shape index (κ1) is 18.9. The van der Waals surface area contributed by atoms with E-state index in [1.165, 1.54) is 18.2 Å². The van der Waals surface area contributed by atoms with Gasteiger partial charge in [-0.05, 0) is 51.6 Å². The number of rotatable bonds is 6. The Morgan fingerprint density at radius 1 is 1.08 bits per heavy atom. The highest BCUT2D eigenvalue weighted by Gasteiger charge is 2.13. The van der Waals surface area contributed by atoms with E-state index < -0.39 is 11.6 Å². The molecule has 2 nitrogen and oxygen atoms in total. The van der Waals surface area contributed by atoms with E-state index in [2.05, 4.69) is 26.3 Å². The van der Waals surface area contributed by atoms with Gasteiger partial charge < -0.3 is 11.5 Å². The zero-order chi connectivity index (χ0) is 19.4. The molecule has 0 heterocycles. The minimum atomic E-state index is -0.673. The Morgan fingerprint density at radius 3 is 2.35 bits per heavy atom. The average Bonchev–Trinajstić information content (AvgIpc) is 2.62. The molecule has 0 saturated carbocycles. The Labute approximate surface area is 152 Å². The summed E-state index contributed by atoms with van der Waals surface area (Å²) in [6.07, 6.45) is 2.81. The van der Waals surface area contributed by atoms with Gasteiger partial charge in [-0.25, -0.2) is 8.78 Å². The maximum Gasteiger partial charge on any atom is 0.146 e. The van der Waals surface area contributed by atoms with Crippen LogP contribution in [-0.2, 0) is 0 Å². The van der Waals surface area contributed by atoms with Gasteiger partial charge in [-0.3, -0.25) is 0 Å². The van der Waals surface area contributed by atoms with Crippen LogP contribution < -0.4 is 11.5 Å². The number of allylic oxidation sites excluding steroid dienone is 4. The van der Waals surface area contributed by atoms with Crippen molar-refractivity contribution in [2.45, 2.75) is 0 Å². The Morgan fingerprint density at radius 2 is 1.77 bits per heavy atom. The monoisotopic (exact) mass is 350 g/mol. The van der Waals surface area contributed by atoms with Gasteiger partial charge in [0.1, 0.15) is 11.6 Å². The van der Waals surface area contributed by atoms with E-state index in [0.29, 0.717) is 22.3 Å².